The Morgan fingerprint density at radius 1 is 1.38 bits per heavy atom. The predicted octanol–water partition coefficient (Wildman–Crippen LogP) is -1.81. The Morgan fingerprint density at radius 2 is 1.88 bits per heavy atom. The van der Waals surface area contributed by atoms with E-state index in [-0.39, 0.29) is 17.4 Å². The van der Waals surface area contributed by atoms with Crippen LogP contribution in [0.3, 0.4) is 0 Å². The molecule has 4 nitrogen and oxygen atoms in total. The van der Waals surface area contributed by atoms with Crippen LogP contribution in [-0.2, 0) is 4.79 Å². The third-order valence-electron chi connectivity index (χ3n) is 3.82. The van der Waals surface area contributed by atoms with Crippen molar-refractivity contribution in [2.75, 3.05) is 0 Å². The van der Waals surface area contributed by atoms with Crippen LogP contribution in [0.4, 0.5) is 0 Å². The van der Waals surface area contributed by atoms with Crippen LogP contribution in [0.1, 0.15) is 47.5 Å². The summed E-state index contributed by atoms with van der Waals surface area (Å²) in [5.74, 6) is -0.126. The van der Waals surface area contributed by atoms with Crippen LogP contribution in [0.15, 0.2) is 0 Å². The number of carbonyl (C=O) groups excluding carboxylic acids is 1. The molecule has 2 atom stereocenters. The van der Waals surface area contributed by atoms with E-state index in [0.29, 0.717) is 6.42 Å². The van der Waals surface area contributed by atoms with Crippen molar-refractivity contribution in [2.45, 2.75) is 53.5 Å². The van der Waals surface area contributed by atoms with Gasteiger partial charge in [-0.2, -0.15) is 0 Å². The fourth-order valence-corrected chi connectivity index (χ4v) is 2.59. The molecule has 4 N–H and O–H groups in total. The van der Waals surface area contributed by atoms with Gasteiger partial charge in [-0.3, -0.25) is 0 Å². The average molecular weight is 343 g/mol. The first-order valence-electron chi connectivity index (χ1n) is 5.59. The van der Waals surface area contributed by atoms with Crippen LogP contribution < -0.4 is 31.2 Å². The Balaban J connectivity index is 5.02. The van der Waals surface area contributed by atoms with Gasteiger partial charge >= 0.3 is 110 Å². The molecule has 0 aliphatic heterocycles. The maximum absolute atomic E-state index is 12.0. The van der Waals surface area contributed by atoms with Gasteiger partial charge < -0.3 is 0 Å². The molecule has 0 saturated carbocycles. The molecule has 0 fully saturated rings. The summed E-state index contributed by atoms with van der Waals surface area (Å²) in [6, 6.07) is -0.217. The molecule has 0 heterocycles. The monoisotopic (exact) mass is 343 g/mol. The van der Waals surface area contributed by atoms with Crippen molar-refractivity contribution in [2.24, 2.45) is 16.6 Å². The number of amides is 1. The van der Waals surface area contributed by atoms with Gasteiger partial charge in [-0.15, -0.1) is 0 Å². The number of hydrogen-bond donors (Lipinski definition) is 3. The summed E-state index contributed by atoms with van der Waals surface area (Å²) in [6.45, 7) is 10.1. The molecule has 0 aliphatic rings. The summed E-state index contributed by atoms with van der Waals surface area (Å²) in [7, 11) is 0. The van der Waals surface area contributed by atoms with Gasteiger partial charge in [0.2, 0.25) is 0 Å². The average Bonchev–Trinajstić information content (AvgIpc) is 2.27. The van der Waals surface area contributed by atoms with E-state index >= 15 is 0 Å². The third-order valence-corrected chi connectivity index (χ3v) is 4.55. The molecule has 0 spiro atoms. The summed E-state index contributed by atoms with van der Waals surface area (Å²) in [5.41, 5.74) is 5.56. The van der Waals surface area contributed by atoms with Crippen molar-refractivity contribution < 1.29 is 30.1 Å². The number of carbonyl (C=O) groups is 1. The van der Waals surface area contributed by atoms with Crippen molar-refractivity contribution >= 4 is 5.91 Å². The van der Waals surface area contributed by atoms with Gasteiger partial charge in [0.25, 0.3) is 0 Å². The van der Waals surface area contributed by atoms with Crippen molar-refractivity contribution in [1.82, 2.24) is 3.53 Å². The topological polar surface area (TPSA) is 75.4 Å². The summed E-state index contributed by atoms with van der Waals surface area (Å²) in [6.07, 6.45) is 1.60. The van der Waals surface area contributed by atoms with Crippen molar-refractivity contribution in [3.8, 4) is 0 Å². The van der Waals surface area contributed by atoms with Gasteiger partial charge in [-0.25, -0.2) is 0 Å². The van der Waals surface area contributed by atoms with E-state index in [4.69, 9.17) is 9.17 Å². The van der Waals surface area contributed by atoms with E-state index in [1.165, 1.54) is 0 Å². The fourth-order valence-electron chi connectivity index (χ4n) is 1.75. The van der Waals surface area contributed by atoms with Crippen LogP contribution >= 0.6 is 0 Å². The SMILES string of the molecule is CCC(C)(C)C(N)C(C)(CC)C(=O)N[I-]O. The van der Waals surface area contributed by atoms with E-state index < -0.39 is 27.3 Å². The molecular weight excluding hydrogens is 319 g/mol. The van der Waals surface area contributed by atoms with E-state index in [9.17, 15) is 4.79 Å². The minimum absolute atomic E-state index is 0.0874. The molecular formula is C11H24IN2O2-. The summed E-state index contributed by atoms with van der Waals surface area (Å²) < 4.78 is 11.4. The molecule has 0 aromatic rings. The second-order valence-corrected chi connectivity index (χ2v) is 6.12. The number of rotatable bonds is 6. The summed E-state index contributed by atoms with van der Waals surface area (Å²) in [5, 5.41) is 0. The van der Waals surface area contributed by atoms with E-state index in [0.717, 1.165) is 6.42 Å². The zero-order valence-electron chi connectivity index (χ0n) is 10.8. The Labute approximate surface area is 110 Å². The molecule has 0 radical (unpaired) electrons. The van der Waals surface area contributed by atoms with Crippen LogP contribution in [-0.4, -0.2) is 15.4 Å². The van der Waals surface area contributed by atoms with Gasteiger partial charge in [0.05, 0.1) is 0 Å². The first-order chi connectivity index (χ1) is 7.26. The molecule has 98 valence electrons. The number of nitrogens with one attached hydrogen (secondary N) is 1. The molecule has 0 aromatic heterocycles. The van der Waals surface area contributed by atoms with Crippen molar-refractivity contribution in [3.63, 3.8) is 0 Å². The second-order valence-electron chi connectivity index (χ2n) is 5.10. The van der Waals surface area contributed by atoms with E-state index in [2.05, 4.69) is 24.3 Å². The van der Waals surface area contributed by atoms with Gasteiger partial charge in [-0.1, -0.05) is 0 Å². The normalized spacial score (nSPS) is 17.9. The van der Waals surface area contributed by atoms with E-state index in [1.807, 2.05) is 13.8 Å². The van der Waals surface area contributed by atoms with Gasteiger partial charge in [-0.05, 0) is 0 Å². The number of hydrogen-bond acceptors (Lipinski definition) is 3. The first-order valence-corrected chi connectivity index (χ1v) is 7.64. The molecule has 16 heavy (non-hydrogen) atoms. The minimum atomic E-state index is -1.23. The zero-order chi connectivity index (χ0) is 13.0. The summed E-state index contributed by atoms with van der Waals surface area (Å²) >= 11 is -1.23. The number of nitrogens with two attached hydrogens (primary N) is 1. The Morgan fingerprint density at radius 3 is 2.19 bits per heavy atom. The summed E-state index contributed by atoms with van der Waals surface area (Å²) in [4.78, 5) is 12.0. The molecule has 0 rings (SSSR count). The first kappa shape index (κ1) is 16.1. The molecule has 0 aromatic carbocycles. The number of halogens is 1. The van der Waals surface area contributed by atoms with Crippen molar-refractivity contribution in [1.29, 1.82) is 0 Å². The maximum atomic E-state index is 12.0. The van der Waals surface area contributed by atoms with Crippen molar-refractivity contribution in [3.05, 3.63) is 0 Å². The standard InChI is InChI=1S/C11H24IN2O2/c1-6-10(3,4)8(13)11(5,7-2)9(15)14-12-16/h8,16H,6-7,13H2,1-5H3,(H,14,15)/q-1. The Hall–Kier alpha value is 0.120. The molecule has 5 heteroatoms. The van der Waals surface area contributed by atoms with Gasteiger partial charge in [0.1, 0.15) is 0 Å². The second kappa shape index (κ2) is 6.16. The predicted molar refractivity (Wildman–Crippen MR) is 60.8 cm³/mol. The Bertz CT molecular complexity index is 246. The molecule has 0 bridgehead atoms. The van der Waals surface area contributed by atoms with Crippen LogP contribution in [0.25, 0.3) is 0 Å². The van der Waals surface area contributed by atoms with Crippen LogP contribution in [0, 0.1) is 10.8 Å². The zero-order valence-corrected chi connectivity index (χ0v) is 13.0. The molecule has 2 unspecified atom stereocenters. The van der Waals surface area contributed by atoms with Crippen LogP contribution in [0.5, 0.6) is 0 Å². The quantitative estimate of drug-likeness (QED) is 0.393. The molecule has 1 amide bonds. The third kappa shape index (κ3) is 3.30. The Kier molecular flexibility index (Phi) is 6.21. The van der Waals surface area contributed by atoms with Crippen LogP contribution in [0.2, 0.25) is 0 Å². The van der Waals surface area contributed by atoms with E-state index in [1.54, 1.807) is 0 Å². The molecule has 0 aliphatic carbocycles. The van der Waals surface area contributed by atoms with Gasteiger partial charge in [0.15, 0.2) is 0 Å². The van der Waals surface area contributed by atoms with Gasteiger partial charge in [0, 0.05) is 0 Å². The molecule has 0 saturated heterocycles. The fraction of sp³-hybridized carbons (Fsp3) is 0.909.